The number of hydrogen-bond acceptors (Lipinski definition) is 2. The highest BCUT2D eigenvalue weighted by atomic mass is 35.5. The minimum atomic E-state index is -4.40. The molecule has 130 valence electrons. The van der Waals surface area contributed by atoms with Crippen molar-refractivity contribution in [2.75, 3.05) is 6.54 Å². The first-order chi connectivity index (χ1) is 10.4. The van der Waals surface area contributed by atoms with Crippen molar-refractivity contribution >= 4 is 18.3 Å². The van der Waals surface area contributed by atoms with Gasteiger partial charge in [0.2, 0.25) is 5.91 Å². The second kappa shape index (κ2) is 8.02. The predicted octanol–water partition coefficient (Wildman–Crippen LogP) is 3.47. The Morgan fingerprint density at radius 1 is 1.39 bits per heavy atom. The number of nitrogens with one attached hydrogen (secondary N) is 1. The van der Waals surface area contributed by atoms with Crippen molar-refractivity contribution in [3.05, 3.63) is 35.4 Å². The maximum Gasteiger partial charge on any atom is 0.416 e. The summed E-state index contributed by atoms with van der Waals surface area (Å²) < 4.78 is 38.4. The summed E-state index contributed by atoms with van der Waals surface area (Å²) in [6.45, 7) is 2.15. The summed E-state index contributed by atoms with van der Waals surface area (Å²) in [4.78, 5) is 12.4. The Hall–Kier alpha value is -1.27. The Balaban J connectivity index is 0.00000264. The summed E-state index contributed by atoms with van der Waals surface area (Å²) in [6, 6.07) is 4.91. The van der Waals surface area contributed by atoms with Gasteiger partial charge >= 0.3 is 6.18 Å². The van der Waals surface area contributed by atoms with Crippen LogP contribution in [0.2, 0.25) is 0 Å². The van der Waals surface area contributed by atoms with Crippen molar-refractivity contribution in [2.24, 2.45) is 11.7 Å². The number of nitrogens with two attached hydrogens (primary N) is 1. The first-order valence-corrected chi connectivity index (χ1v) is 7.54. The molecule has 2 atom stereocenters. The van der Waals surface area contributed by atoms with Gasteiger partial charge in [-0.25, -0.2) is 0 Å². The SMILES string of the molecule is CCC(C(=O)NC(CN)C1CC1)c1cccc(C(F)(F)F)c1.Cl. The molecular formula is C16H22ClF3N2O. The monoisotopic (exact) mass is 350 g/mol. The highest BCUT2D eigenvalue weighted by Gasteiger charge is 2.34. The number of alkyl halides is 3. The van der Waals surface area contributed by atoms with Crippen molar-refractivity contribution in [2.45, 2.75) is 44.3 Å². The molecule has 1 fully saturated rings. The number of carbonyl (C=O) groups excluding carboxylic acids is 1. The van der Waals surface area contributed by atoms with Crippen molar-refractivity contribution in [1.29, 1.82) is 0 Å². The van der Waals surface area contributed by atoms with Crippen LogP contribution >= 0.6 is 12.4 Å². The zero-order valence-corrected chi connectivity index (χ0v) is 13.7. The predicted molar refractivity (Wildman–Crippen MR) is 85.4 cm³/mol. The van der Waals surface area contributed by atoms with Gasteiger partial charge in [-0.05, 0) is 36.8 Å². The Labute approximate surface area is 140 Å². The zero-order valence-electron chi connectivity index (χ0n) is 12.9. The summed E-state index contributed by atoms with van der Waals surface area (Å²) in [5.41, 5.74) is 5.32. The summed E-state index contributed by atoms with van der Waals surface area (Å²) >= 11 is 0. The summed E-state index contributed by atoms with van der Waals surface area (Å²) in [5, 5.41) is 2.89. The number of carbonyl (C=O) groups is 1. The van der Waals surface area contributed by atoms with Crippen LogP contribution in [0.3, 0.4) is 0 Å². The smallest absolute Gasteiger partial charge is 0.351 e. The van der Waals surface area contributed by atoms with Crippen LogP contribution in [0.5, 0.6) is 0 Å². The molecule has 0 spiro atoms. The number of hydrogen-bond donors (Lipinski definition) is 2. The molecule has 1 saturated carbocycles. The van der Waals surface area contributed by atoms with E-state index in [1.54, 1.807) is 13.0 Å². The lowest BCUT2D eigenvalue weighted by Gasteiger charge is -2.21. The summed E-state index contributed by atoms with van der Waals surface area (Å²) in [6.07, 6.45) is -1.88. The molecule has 7 heteroatoms. The molecule has 1 aliphatic rings. The maximum absolute atomic E-state index is 12.8. The van der Waals surface area contributed by atoms with E-state index in [0.29, 0.717) is 24.4 Å². The molecule has 3 nitrogen and oxygen atoms in total. The number of benzene rings is 1. The first-order valence-electron chi connectivity index (χ1n) is 7.54. The van der Waals surface area contributed by atoms with Crippen molar-refractivity contribution < 1.29 is 18.0 Å². The standard InChI is InChI=1S/C16H21F3N2O.ClH/c1-2-13(15(22)21-14(9-20)10-6-7-10)11-4-3-5-12(8-11)16(17,18)19;/h3-5,8,10,13-14H,2,6-7,9,20H2,1H3,(H,21,22);1H. The number of amides is 1. The molecule has 0 aliphatic heterocycles. The van der Waals surface area contributed by atoms with Crippen LogP contribution in [0.4, 0.5) is 13.2 Å². The molecule has 3 N–H and O–H groups in total. The zero-order chi connectivity index (χ0) is 16.3. The second-order valence-corrected chi connectivity index (χ2v) is 5.77. The Bertz CT molecular complexity index is 532. The largest absolute Gasteiger partial charge is 0.416 e. The lowest BCUT2D eigenvalue weighted by molar-refractivity contribution is -0.137. The van der Waals surface area contributed by atoms with Crippen molar-refractivity contribution in [1.82, 2.24) is 5.32 Å². The van der Waals surface area contributed by atoms with E-state index in [1.807, 2.05) is 0 Å². The summed E-state index contributed by atoms with van der Waals surface area (Å²) in [5.74, 6) is -0.424. The molecular weight excluding hydrogens is 329 g/mol. The molecule has 0 bridgehead atoms. The fraction of sp³-hybridized carbons (Fsp3) is 0.562. The molecule has 23 heavy (non-hydrogen) atoms. The normalized spacial score (nSPS) is 17.1. The van der Waals surface area contributed by atoms with Crippen LogP contribution in [0.1, 0.15) is 43.2 Å². The minimum Gasteiger partial charge on any atom is -0.351 e. The highest BCUT2D eigenvalue weighted by Crippen LogP contribution is 2.34. The average Bonchev–Trinajstić information content (AvgIpc) is 3.29. The van der Waals surface area contributed by atoms with E-state index in [-0.39, 0.29) is 24.4 Å². The fourth-order valence-corrected chi connectivity index (χ4v) is 2.66. The maximum atomic E-state index is 12.8. The Morgan fingerprint density at radius 3 is 2.52 bits per heavy atom. The van der Waals surface area contributed by atoms with Gasteiger partial charge in [0.25, 0.3) is 0 Å². The minimum absolute atomic E-state index is 0. The lowest BCUT2D eigenvalue weighted by Crippen LogP contribution is -2.43. The molecule has 0 radical (unpaired) electrons. The summed E-state index contributed by atoms with van der Waals surface area (Å²) in [7, 11) is 0. The van der Waals surface area contributed by atoms with Gasteiger partial charge in [-0.15, -0.1) is 12.4 Å². The third-order valence-electron chi connectivity index (χ3n) is 4.11. The van der Waals surface area contributed by atoms with Gasteiger partial charge in [0.1, 0.15) is 0 Å². The Kier molecular flexibility index (Phi) is 6.89. The number of halogens is 4. The van der Waals surface area contributed by atoms with E-state index in [9.17, 15) is 18.0 Å². The van der Waals surface area contributed by atoms with Gasteiger partial charge in [0.05, 0.1) is 11.5 Å². The molecule has 0 aromatic heterocycles. The van der Waals surface area contributed by atoms with E-state index in [1.165, 1.54) is 6.07 Å². The molecule has 1 aliphatic carbocycles. The van der Waals surface area contributed by atoms with Crippen molar-refractivity contribution in [3.8, 4) is 0 Å². The second-order valence-electron chi connectivity index (χ2n) is 5.77. The van der Waals surface area contributed by atoms with Crippen LogP contribution in [0.25, 0.3) is 0 Å². The van der Waals surface area contributed by atoms with E-state index >= 15 is 0 Å². The highest BCUT2D eigenvalue weighted by molar-refractivity contribution is 5.85. The molecule has 0 saturated heterocycles. The molecule has 1 aromatic rings. The molecule has 0 heterocycles. The van der Waals surface area contributed by atoms with Crippen LogP contribution in [-0.4, -0.2) is 18.5 Å². The third-order valence-corrected chi connectivity index (χ3v) is 4.11. The first kappa shape index (κ1) is 19.8. The van der Waals surface area contributed by atoms with Gasteiger partial charge in [0, 0.05) is 12.6 Å². The van der Waals surface area contributed by atoms with Gasteiger partial charge in [-0.2, -0.15) is 13.2 Å². The van der Waals surface area contributed by atoms with Gasteiger partial charge in [-0.1, -0.05) is 25.1 Å². The quantitative estimate of drug-likeness (QED) is 0.825. The molecule has 1 aromatic carbocycles. The van der Waals surface area contributed by atoms with E-state index in [2.05, 4.69) is 5.32 Å². The van der Waals surface area contributed by atoms with E-state index < -0.39 is 17.7 Å². The van der Waals surface area contributed by atoms with Crippen LogP contribution in [0.15, 0.2) is 24.3 Å². The lowest BCUT2D eigenvalue weighted by atomic mass is 9.93. The van der Waals surface area contributed by atoms with Gasteiger partial charge in [-0.3, -0.25) is 4.79 Å². The van der Waals surface area contributed by atoms with Crippen LogP contribution < -0.4 is 11.1 Å². The molecule has 1 amide bonds. The average molecular weight is 351 g/mol. The van der Waals surface area contributed by atoms with Crippen LogP contribution in [0, 0.1) is 5.92 Å². The van der Waals surface area contributed by atoms with Crippen LogP contribution in [-0.2, 0) is 11.0 Å². The van der Waals surface area contributed by atoms with E-state index in [0.717, 1.165) is 25.0 Å². The Morgan fingerprint density at radius 2 is 2.04 bits per heavy atom. The fourth-order valence-electron chi connectivity index (χ4n) is 2.66. The van der Waals surface area contributed by atoms with Gasteiger partial charge < -0.3 is 11.1 Å². The van der Waals surface area contributed by atoms with Gasteiger partial charge in [0.15, 0.2) is 0 Å². The molecule has 2 rings (SSSR count). The van der Waals surface area contributed by atoms with E-state index in [4.69, 9.17) is 5.73 Å². The topological polar surface area (TPSA) is 55.1 Å². The van der Waals surface area contributed by atoms with Crippen molar-refractivity contribution in [3.63, 3.8) is 0 Å². The third kappa shape index (κ3) is 5.11. The number of rotatable bonds is 6. The molecule has 2 unspecified atom stereocenters.